The van der Waals surface area contributed by atoms with Crippen LogP contribution in [0, 0.1) is 0 Å². The summed E-state index contributed by atoms with van der Waals surface area (Å²) in [7, 11) is 0. The first-order valence-corrected chi connectivity index (χ1v) is 7.16. The number of aromatic carboxylic acids is 1. The van der Waals surface area contributed by atoms with E-state index in [1.165, 1.54) is 23.7 Å². The van der Waals surface area contributed by atoms with Gasteiger partial charge in [0.15, 0.2) is 0 Å². The zero-order valence-corrected chi connectivity index (χ0v) is 11.4. The van der Waals surface area contributed by atoms with E-state index in [0.717, 1.165) is 36.1 Å². The summed E-state index contributed by atoms with van der Waals surface area (Å²) >= 11 is 1.37. The lowest BCUT2D eigenvalue weighted by molar-refractivity contribution is 0.0697. The first-order valence-electron chi connectivity index (χ1n) is 6.35. The number of hydrogen-bond acceptors (Lipinski definition) is 4. The number of thiophene rings is 1. The van der Waals surface area contributed by atoms with Gasteiger partial charge in [0, 0.05) is 11.1 Å². The Bertz CT molecular complexity index is 661. The summed E-state index contributed by atoms with van der Waals surface area (Å²) in [5, 5.41) is 18.8. The minimum absolute atomic E-state index is 0.251. The van der Waals surface area contributed by atoms with E-state index >= 15 is 0 Å². The molecule has 0 saturated heterocycles. The number of amides is 1. The number of aromatic nitrogens is 2. The van der Waals surface area contributed by atoms with E-state index in [9.17, 15) is 14.7 Å². The molecule has 1 aliphatic carbocycles. The summed E-state index contributed by atoms with van der Waals surface area (Å²) in [6, 6.07) is 0. The van der Waals surface area contributed by atoms with Crippen LogP contribution in [0.4, 0.5) is 5.00 Å². The summed E-state index contributed by atoms with van der Waals surface area (Å²) in [6.45, 7) is 0. The van der Waals surface area contributed by atoms with Crippen LogP contribution in [0.25, 0.3) is 0 Å². The number of carbonyl (C=O) groups excluding carboxylic acids is 1. The quantitative estimate of drug-likeness (QED) is 0.808. The van der Waals surface area contributed by atoms with Crippen LogP contribution in [0.2, 0.25) is 0 Å². The van der Waals surface area contributed by atoms with Crippen LogP contribution in [0.15, 0.2) is 12.4 Å². The highest BCUT2D eigenvalue weighted by Crippen LogP contribution is 2.38. The molecule has 7 heteroatoms. The highest BCUT2D eigenvalue weighted by Gasteiger charge is 2.26. The third-order valence-electron chi connectivity index (χ3n) is 3.37. The zero-order valence-electron chi connectivity index (χ0n) is 10.6. The van der Waals surface area contributed by atoms with Gasteiger partial charge in [0.1, 0.15) is 5.00 Å². The summed E-state index contributed by atoms with van der Waals surface area (Å²) < 4.78 is 0. The molecule has 0 fully saturated rings. The first kappa shape index (κ1) is 12.9. The Kier molecular flexibility index (Phi) is 3.27. The fourth-order valence-electron chi connectivity index (χ4n) is 2.43. The minimum atomic E-state index is -0.980. The molecule has 2 aromatic heterocycles. The fraction of sp³-hybridized carbons (Fsp3) is 0.308. The van der Waals surface area contributed by atoms with Gasteiger partial charge < -0.3 is 10.4 Å². The molecule has 0 spiro atoms. The molecule has 0 atom stereocenters. The lowest BCUT2D eigenvalue weighted by Gasteiger charge is -2.10. The van der Waals surface area contributed by atoms with Crippen molar-refractivity contribution in [1.82, 2.24) is 10.2 Å². The number of H-pyrrole nitrogens is 1. The smallest absolute Gasteiger partial charge is 0.339 e. The van der Waals surface area contributed by atoms with Crippen molar-refractivity contribution in [1.29, 1.82) is 0 Å². The Morgan fingerprint density at radius 2 is 2.15 bits per heavy atom. The topological polar surface area (TPSA) is 95.1 Å². The second-order valence-electron chi connectivity index (χ2n) is 4.66. The van der Waals surface area contributed by atoms with Gasteiger partial charge in [-0.1, -0.05) is 0 Å². The Balaban J connectivity index is 1.95. The van der Waals surface area contributed by atoms with E-state index in [4.69, 9.17) is 0 Å². The normalized spacial score (nSPS) is 13.8. The maximum absolute atomic E-state index is 12.0. The molecule has 2 aromatic rings. The van der Waals surface area contributed by atoms with Crippen LogP contribution >= 0.6 is 11.3 Å². The van der Waals surface area contributed by atoms with Crippen LogP contribution < -0.4 is 5.32 Å². The number of aromatic amines is 1. The first-order chi connectivity index (χ1) is 9.66. The Hall–Kier alpha value is -2.15. The standard InChI is InChI=1S/C13H13N3O3S/c17-11(7-5-14-15-6-7)16-12-10(13(18)19)8-3-1-2-4-9(8)20-12/h5-6H,1-4H2,(H,14,15)(H,16,17)(H,18,19). The van der Waals surface area contributed by atoms with Gasteiger partial charge in [-0.3, -0.25) is 9.89 Å². The molecule has 1 aliphatic rings. The average molecular weight is 291 g/mol. The maximum atomic E-state index is 12.0. The van der Waals surface area contributed by atoms with E-state index in [-0.39, 0.29) is 11.5 Å². The largest absolute Gasteiger partial charge is 0.478 e. The molecule has 20 heavy (non-hydrogen) atoms. The van der Waals surface area contributed by atoms with Gasteiger partial charge in [-0.2, -0.15) is 5.10 Å². The highest BCUT2D eigenvalue weighted by molar-refractivity contribution is 7.17. The summed E-state index contributed by atoms with van der Waals surface area (Å²) in [6.07, 6.45) is 6.62. The Labute approximate surface area is 118 Å². The van der Waals surface area contributed by atoms with E-state index in [1.54, 1.807) is 0 Å². The molecule has 0 unspecified atom stereocenters. The Morgan fingerprint density at radius 3 is 2.85 bits per heavy atom. The number of nitrogens with one attached hydrogen (secondary N) is 2. The van der Waals surface area contributed by atoms with Gasteiger partial charge in [0.2, 0.25) is 0 Å². The molecule has 0 radical (unpaired) electrons. The predicted octanol–water partition coefficient (Wildman–Crippen LogP) is 2.30. The average Bonchev–Trinajstić information content (AvgIpc) is 3.05. The number of anilines is 1. The predicted molar refractivity (Wildman–Crippen MR) is 74.5 cm³/mol. The third kappa shape index (κ3) is 2.20. The van der Waals surface area contributed by atoms with Gasteiger partial charge >= 0.3 is 5.97 Å². The van der Waals surface area contributed by atoms with Crippen molar-refractivity contribution in [2.45, 2.75) is 25.7 Å². The number of nitrogens with zero attached hydrogens (tertiary/aromatic N) is 1. The molecule has 0 saturated carbocycles. The van der Waals surface area contributed by atoms with E-state index in [2.05, 4.69) is 15.5 Å². The molecular formula is C13H13N3O3S. The van der Waals surface area contributed by atoms with Gasteiger partial charge in [-0.05, 0) is 31.2 Å². The van der Waals surface area contributed by atoms with Crippen molar-refractivity contribution in [2.75, 3.05) is 5.32 Å². The van der Waals surface area contributed by atoms with Gasteiger partial charge in [-0.25, -0.2) is 4.79 Å². The number of aryl methyl sites for hydroxylation is 1. The van der Waals surface area contributed by atoms with Crippen LogP contribution in [-0.2, 0) is 12.8 Å². The van der Waals surface area contributed by atoms with Gasteiger partial charge in [-0.15, -0.1) is 11.3 Å². The molecule has 0 aliphatic heterocycles. The van der Waals surface area contributed by atoms with Crippen LogP contribution in [0.5, 0.6) is 0 Å². The summed E-state index contributed by atoms with van der Waals surface area (Å²) in [5.74, 6) is -1.33. The maximum Gasteiger partial charge on any atom is 0.339 e. The highest BCUT2D eigenvalue weighted by atomic mass is 32.1. The fourth-order valence-corrected chi connectivity index (χ4v) is 3.71. The van der Waals surface area contributed by atoms with Crippen molar-refractivity contribution in [3.05, 3.63) is 34.0 Å². The molecule has 3 N–H and O–H groups in total. The van der Waals surface area contributed by atoms with E-state index in [0.29, 0.717) is 10.6 Å². The van der Waals surface area contributed by atoms with Crippen molar-refractivity contribution in [3.8, 4) is 0 Å². The van der Waals surface area contributed by atoms with E-state index < -0.39 is 5.97 Å². The number of hydrogen-bond donors (Lipinski definition) is 3. The Morgan fingerprint density at radius 1 is 1.35 bits per heavy atom. The molecule has 2 heterocycles. The second-order valence-corrected chi connectivity index (χ2v) is 5.77. The lowest BCUT2D eigenvalue weighted by Crippen LogP contribution is -2.13. The minimum Gasteiger partial charge on any atom is -0.478 e. The number of carbonyl (C=O) groups is 2. The van der Waals surface area contributed by atoms with Crippen molar-refractivity contribution >= 4 is 28.2 Å². The van der Waals surface area contributed by atoms with Crippen molar-refractivity contribution in [3.63, 3.8) is 0 Å². The second kappa shape index (κ2) is 5.09. The number of rotatable bonds is 3. The van der Waals surface area contributed by atoms with Crippen LogP contribution in [0.3, 0.4) is 0 Å². The SMILES string of the molecule is O=C(Nc1sc2c(c1C(=O)O)CCCC2)c1cn[nH]c1. The molecule has 0 aromatic carbocycles. The molecule has 0 bridgehead atoms. The van der Waals surface area contributed by atoms with Gasteiger partial charge in [0.25, 0.3) is 5.91 Å². The zero-order chi connectivity index (χ0) is 14.1. The monoisotopic (exact) mass is 291 g/mol. The third-order valence-corrected chi connectivity index (χ3v) is 4.58. The van der Waals surface area contributed by atoms with Crippen molar-refractivity contribution in [2.24, 2.45) is 0 Å². The summed E-state index contributed by atoms with van der Waals surface area (Å²) in [4.78, 5) is 24.5. The molecule has 3 rings (SSSR count). The van der Waals surface area contributed by atoms with E-state index in [1.807, 2.05) is 0 Å². The molecule has 104 valence electrons. The van der Waals surface area contributed by atoms with Crippen LogP contribution in [0.1, 0.15) is 44.0 Å². The molecule has 1 amide bonds. The number of carboxylic acids is 1. The lowest BCUT2D eigenvalue weighted by atomic mass is 9.95. The number of fused-ring (bicyclic) bond motifs is 1. The number of carboxylic acid groups (broad SMARTS) is 1. The summed E-state index contributed by atoms with van der Waals surface area (Å²) in [5.41, 5.74) is 1.52. The van der Waals surface area contributed by atoms with Gasteiger partial charge in [0.05, 0.1) is 17.3 Å². The molecular weight excluding hydrogens is 278 g/mol. The molecule has 6 nitrogen and oxygen atoms in total. The van der Waals surface area contributed by atoms with Crippen molar-refractivity contribution < 1.29 is 14.7 Å². The van der Waals surface area contributed by atoms with Crippen LogP contribution in [-0.4, -0.2) is 27.2 Å².